The van der Waals surface area contributed by atoms with Crippen LogP contribution in [0.25, 0.3) is 0 Å². The van der Waals surface area contributed by atoms with E-state index in [-0.39, 0.29) is 5.91 Å². The number of rotatable bonds is 2. The highest BCUT2D eigenvalue weighted by Crippen LogP contribution is 2.02. The Morgan fingerprint density at radius 2 is 2.23 bits per heavy atom. The number of carbonyl (C=O) groups is 3. The van der Waals surface area contributed by atoms with E-state index in [0.29, 0.717) is 13.0 Å². The minimum Gasteiger partial charge on any atom is -0.354 e. The van der Waals surface area contributed by atoms with Gasteiger partial charge in [-0.3, -0.25) is 14.4 Å². The second-order valence-electron chi connectivity index (χ2n) is 3.02. The van der Waals surface area contributed by atoms with Crippen molar-refractivity contribution in [3.8, 4) is 0 Å². The molecule has 1 atom stereocenters. The standard InChI is InChI=1S/C8H12N2O3/c1-5(11)7(12)10-6-3-2-4-9-8(6)13/h6H,2-4H2,1H3,(H,9,13)(H,10,12)/t6-/m0/s1. The monoisotopic (exact) mass is 184 g/mol. The Bertz CT molecular complexity index is 250. The maximum Gasteiger partial charge on any atom is 0.287 e. The Labute approximate surface area is 75.9 Å². The van der Waals surface area contributed by atoms with E-state index in [1.54, 1.807) is 0 Å². The van der Waals surface area contributed by atoms with Crippen molar-refractivity contribution in [3.05, 3.63) is 0 Å². The molecule has 0 aromatic heterocycles. The van der Waals surface area contributed by atoms with Gasteiger partial charge >= 0.3 is 0 Å². The molecule has 0 radical (unpaired) electrons. The Morgan fingerprint density at radius 1 is 1.54 bits per heavy atom. The number of carbonyl (C=O) groups excluding carboxylic acids is 3. The summed E-state index contributed by atoms with van der Waals surface area (Å²) in [6.07, 6.45) is 1.43. The van der Waals surface area contributed by atoms with Crippen LogP contribution >= 0.6 is 0 Å². The van der Waals surface area contributed by atoms with Gasteiger partial charge in [-0.05, 0) is 12.8 Å². The molecule has 1 rings (SSSR count). The second-order valence-corrected chi connectivity index (χ2v) is 3.02. The molecule has 0 saturated carbocycles. The number of hydrogen-bond donors (Lipinski definition) is 2. The van der Waals surface area contributed by atoms with Gasteiger partial charge in [-0.1, -0.05) is 0 Å². The third kappa shape index (κ3) is 2.54. The number of piperidine rings is 1. The zero-order valence-corrected chi connectivity index (χ0v) is 7.42. The average molecular weight is 184 g/mol. The summed E-state index contributed by atoms with van der Waals surface area (Å²) >= 11 is 0. The largest absolute Gasteiger partial charge is 0.354 e. The molecule has 1 fully saturated rings. The van der Waals surface area contributed by atoms with Gasteiger partial charge in [0.1, 0.15) is 6.04 Å². The lowest BCUT2D eigenvalue weighted by Gasteiger charge is -2.21. The van der Waals surface area contributed by atoms with E-state index in [1.165, 1.54) is 6.92 Å². The summed E-state index contributed by atoms with van der Waals surface area (Å²) in [6.45, 7) is 1.82. The van der Waals surface area contributed by atoms with E-state index in [0.717, 1.165) is 6.42 Å². The fourth-order valence-corrected chi connectivity index (χ4v) is 1.17. The van der Waals surface area contributed by atoms with Crippen LogP contribution in [0.4, 0.5) is 0 Å². The zero-order chi connectivity index (χ0) is 9.84. The molecular weight excluding hydrogens is 172 g/mol. The molecule has 2 N–H and O–H groups in total. The Morgan fingerprint density at radius 3 is 2.77 bits per heavy atom. The normalized spacial score (nSPS) is 21.9. The van der Waals surface area contributed by atoms with Gasteiger partial charge in [0, 0.05) is 13.5 Å². The number of amides is 2. The fourth-order valence-electron chi connectivity index (χ4n) is 1.17. The van der Waals surface area contributed by atoms with Crippen LogP contribution in [-0.4, -0.2) is 30.2 Å². The molecule has 5 nitrogen and oxygen atoms in total. The third-order valence-electron chi connectivity index (χ3n) is 1.91. The first-order valence-corrected chi connectivity index (χ1v) is 4.20. The molecule has 0 unspecified atom stereocenters. The Balaban J connectivity index is 2.47. The van der Waals surface area contributed by atoms with E-state index < -0.39 is 17.7 Å². The molecule has 1 aliphatic heterocycles. The minimum atomic E-state index is -0.693. The highest BCUT2D eigenvalue weighted by Gasteiger charge is 2.24. The van der Waals surface area contributed by atoms with Crippen molar-refractivity contribution < 1.29 is 14.4 Å². The predicted molar refractivity (Wildman–Crippen MR) is 44.9 cm³/mol. The predicted octanol–water partition coefficient (Wildman–Crippen LogP) is -1.03. The van der Waals surface area contributed by atoms with Gasteiger partial charge in [-0.15, -0.1) is 0 Å². The first-order valence-electron chi connectivity index (χ1n) is 4.20. The molecule has 1 saturated heterocycles. The van der Waals surface area contributed by atoms with Crippen LogP contribution in [0.15, 0.2) is 0 Å². The van der Waals surface area contributed by atoms with Gasteiger partial charge in [0.2, 0.25) is 11.7 Å². The van der Waals surface area contributed by atoms with Gasteiger partial charge in [0.15, 0.2) is 0 Å². The Hall–Kier alpha value is -1.39. The lowest BCUT2D eigenvalue weighted by Crippen LogP contribution is -2.51. The zero-order valence-electron chi connectivity index (χ0n) is 7.42. The summed E-state index contributed by atoms with van der Waals surface area (Å²) in [4.78, 5) is 32.6. The molecule has 1 heterocycles. The number of ketones is 1. The van der Waals surface area contributed by atoms with Crippen LogP contribution in [0.3, 0.4) is 0 Å². The molecule has 13 heavy (non-hydrogen) atoms. The molecular formula is C8H12N2O3. The molecule has 72 valence electrons. The minimum absolute atomic E-state index is 0.208. The van der Waals surface area contributed by atoms with Gasteiger partial charge in [0.05, 0.1) is 0 Å². The topological polar surface area (TPSA) is 75.3 Å². The van der Waals surface area contributed by atoms with E-state index in [1.807, 2.05) is 0 Å². The summed E-state index contributed by atoms with van der Waals surface area (Å²) < 4.78 is 0. The van der Waals surface area contributed by atoms with E-state index in [9.17, 15) is 14.4 Å². The lowest BCUT2D eigenvalue weighted by molar-refractivity contribution is -0.138. The second kappa shape index (κ2) is 4.02. The fraction of sp³-hybridized carbons (Fsp3) is 0.625. The summed E-state index contributed by atoms with van der Waals surface area (Å²) in [5.41, 5.74) is 0. The van der Waals surface area contributed by atoms with Crippen LogP contribution in [0.2, 0.25) is 0 Å². The first kappa shape index (κ1) is 9.70. The quantitative estimate of drug-likeness (QED) is 0.539. The molecule has 0 aromatic carbocycles. The van der Waals surface area contributed by atoms with E-state index in [2.05, 4.69) is 10.6 Å². The van der Waals surface area contributed by atoms with Crippen molar-refractivity contribution in [1.82, 2.24) is 10.6 Å². The highest BCUT2D eigenvalue weighted by molar-refractivity contribution is 6.35. The van der Waals surface area contributed by atoms with Gasteiger partial charge < -0.3 is 10.6 Å². The lowest BCUT2D eigenvalue weighted by atomic mass is 10.1. The maximum atomic E-state index is 11.1. The van der Waals surface area contributed by atoms with E-state index in [4.69, 9.17) is 0 Å². The van der Waals surface area contributed by atoms with Gasteiger partial charge in [0.25, 0.3) is 5.91 Å². The van der Waals surface area contributed by atoms with Crippen LogP contribution in [-0.2, 0) is 14.4 Å². The number of Topliss-reactive ketones (excluding diaryl/α,β-unsaturated/α-hetero) is 1. The maximum absolute atomic E-state index is 11.1. The molecule has 5 heteroatoms. The van der Waals surface area contributed by atoms with Crippen LogP contribution in [0.1, 0.15) is 19.8 Å². The van der Waals surface area contributed by atoms with Crippen molar-refractivity contribution in [1.29, 1.82) is 0 Å². The van der Waals surface area contributed by atoms with Crippen LogP contribution in [0, 0.1) is 0 Å². The molecule has 1 aliphatic rings. The smallest absolute Gasteiger partial charge is 0.287 e. The van der Waals surface area contributed by atoms with Crippen molar-refractivity contribution in [2.45, 2.75) is 25.8 Å². The van der Waals surface area contributed by atoms with Crippen LogP contribution < -0.4 is 10.6 Å². The summed E-state index contributed by atoms with van der Waals surface area (Å²) in [5, 5.41) is 4.98. The van der Waals surface area contributed by atoms with Crippen molar-refractivity contribution in [2.75, 3.05) is 6.54 Å². The summed E-state index contributed by atoms with van der Waals surface area (Å²) in [7, 11) is 0. The SMILES string of the molecule is CC(=O)C(=O)N[C@H]1CCCNC1=O. The van der Waals surface area contributed by atoms with Crippen molar-refractivity contribution in [3.63, 3.8) is 0 Å². The highest BCUT2D eigenvalue weighted by atomic mass is 16.2. The molecule has 0 aliphatic carbocycles. The third-order valence-corrected chi connectivity index (χ3v) is 1.91. The first-order chi connectivity index (χ1) is 6.11. The van der Waals surface area contributed by atoms with Gasteiger partial charge in [-0.2, -0.15) is 0 Å². The molecule has 2 amide bonds. The molecule has 0 spiro atoms. The van der Waals surface area contributed by atoms with E-state index >= 15 is 0 Å². The number of nitrogens with one attached hydrogen (secondary N) is 2. The van der Waals surface area contributed by atoms with Crippen molar-refractivity contribution >= 4 is 17.6 Å². The summed E-state index contributed by atoms with van der Waals surface area (Å²) in [5.74, 6) is -1.47. The molecule has 0 bridgehead atoms. The average Bonchev–Trinajstić information content (AvgIpc) is 2.08. The van der Waals surface area contributed by atoms with Gasteiger partial charge in [-0.25, -0.2) is 0 Å². The Kier molecular flexibility index (Phi) is 3.00. The summed E-state index contributed by atoms with van der Waals surface area (Å²) in [6, 6.07) is -0.537. The van der Waals surface area contributed by atoms with Crippen LogP contribution in [0.5, 0.6) is 0 Å². The molecule has 0 aromatic rings. The number of hydrogen-bond acceptors (Lipinski definition) is 3. The van der Waals surface area contributed by atoms with Crippen molar-refractivity contribution in [2.24, 2.45) is 0 Å².